The van der Waals surface area contributed by atoms with Crippen LogP contribution in [-0.2, 0) is 16.4 Å². The first-order valence-corrected chi connectivity index (χ1v) is 10.3. The highest BCUT2D eigenvalue weighted by atomic mass is 32.2. The van der Waals surface area contributed by atoms with Crippen LogP contribution in [0.4, 0.5) is 10.5 Å². The largest absolute Gasteiger partial charge is 0.493 e. The Morgan fingerprint density at radius 3 is 2.43 bits per heavy atom. The first kappa shape index (κ1) is 21.4. The highest BCUT2D eigenvalue weighted by molar-refractivity contribution is 7.89. The molecule has 0 saturated heterocycles. The molecule has 0 aromatic heterocycles. The van der Waals surface area contributed by atoms with Crippen molar-refractivity contribution in [3.8, 4) is 11.5 Å². The minimum atomic E-state index is -3.98. The van der Waals surface area contributed by atoms with Gasteiger partial charge in [-0.1, -0.05) is 0 Å². The van der Waals surface area contributed by atoms with Crippen molar-refractivity contribution < 1.29 is 32.6 Å². The van der Waals surface area contributed by atoms with Crippen LogP contribution in [0.15, 0.2) is 41.3 Å². The molecule has 30 heavy (non-hydrogen) atoms. The standard InChI is InChI=1S/C19H21N3O7S/c1-28-16-6-4-14(9-17(16)29-2)30(26,27)21-13-8-12-7-11(18(23)24)3-5-15(12)22(10-13)19(20)25/h3-7,9,13,21H,8,10H2,1-2H3,(H2,20,25)(H,23,24). The van der Waals surface area contributed by atoms with Crippen molar-refractivity contribution in [2.24, 2.45) is 5.73 Å². The van der Waals surface area contributed by atoms with Gasteiger partial charge in [0, 0.05) is 24.3 Å². The molecule has 10 nitrogen and oxygen atoms in total. The molecule has 1 unspecified atom stereocenters. The Morgan fingerprint density at radius 2 is 1.83 bits per heavy atom. The Morgan fingerprint density at radius 1 is 1.13 bits per heavy atom. The van der Waals surface area contributed by atoms with Crippen molar-refractivity contribution in [2.45, 2.75) is 17.4 Å². The molecule has 2 aromatic carbocycles. The zero-order valence-corrected chi connectivity index (χ0v) is 17.1. The normalized spacial score (nSPS) is 15.9. The molecule has 0 bridgehead atoms. The summed E-state index contributed by atoms with van der Waals surface area (Å²) in [5.41, 5.74) is 6.43. The van der Waals surface area contributed by atoms with Crippen LogP contribution in [0.2, 0.25) is 0 Å². The summed E-state index contributed by atoms with van der Waals surface area (Å²) >= 11 is 0. The van der Waals surface area contributed by atoms with E-state index in [4.69, 9.17) is 15.2 Å². The van der Waals surface area contributed by atoms with E-state index in [1.54, 1.807) is 0 Å². The van der Waals surface area contributed by atoms with Gasteiger partial charge >= 0.3 is 12.0 Å². The molecule has 0 spiro atoms. The van der Waals surface area contributed by atoms with E-state index >= 15 is 0 Å². The van der Waals surface area contributed by atoms with Crippen molar-refractivity contribution in [3.63, 3.8) is 0 Å². The lowest BCUT2D eigenvalue weighted by atomic mass is 9.96. The van der Waals surface area contributed by atoms with E-state index in [9.17, 15) is 23.1 Å². The summed E-state index contributed by atoms with van der Waals surface area (Å²) in [5, 5.41) is 9.22. The molecule has 0 saturated carbocycles. The number of urea groups is 1. The summed E-state index contributed by atoms with van der Waals surface area (Å²) in [6.45, 7) is 0.00126. The molecule has 0 radical (unpaired) electrons. The first-order valence-electron chi connectivity index (χ1n) is 8.84. The number of carboxylic acid groups (broad SMARTS) is 1. The number of aromatic carboxylic acids is 1. The molecular weight excluding hydrogens is 414 g/mol. The smallest absolute Gasteiger partial charge is 0.335 e. The summed E-state index contributed by atoms with van der Waals surface area (Å²) in [6.07, 6.45) is 0.187. The maximum Gasteiger partial charge on any atom is 0.335 e. The number of nitrogens with two attached hydrogens (primary N) is 1. The number of hydrogen-bond acceptors (Lipinski definition) is 6. The first-order chi connectivity index (χ1) is 14.2. The van der Waals surface area contributed by atoms with E-state index in [0.717, 1.165) is 0 Å². The molecule has 3 rings (SSSR count). The Labute approximate surface area is 173 Å². The summed E-state index contributed by atoms with van der Waals surface area (Å²) < 4.78 is 38.6. The molecule has 0 aliphatic carbocycles. The van der Waals surface area contributed by atoms with Gasteiger partial charge in [-0.05, 0) is 42.3 Å². The number of primary amides is 1. The zero-order chi connectivity index (χ0) is 22.1. The van der Waals surface area contributed by atoms with Crippen LogP contribution in [0.5, 0.6) is 11.5 Å². The second kappa shape index (κ2) is 8.20. The van der Waals surface area contributed by atoms with Crippen LogP contribution in [0.25, 0.3) is 0 Å². The van der Waals surface area contributed by atoms with Crippen LogP contribution >= 0.6 is 0 Å². The van der Waals surface area contributed by atoms with Gasteiger partial charge in [-0.3, -0.25) is 4.90 Å². The topological polar surface area (TPSA) is 148 Å². The number of carbonyl (C=O) groups excluding carboxylic acids is 1. The molecule has 4 N–H and O–H groups in total. The third kappa shape index (κ3) is 4.16. The van der Waals surface area contributed by atoms with Crippen molar-refractivity contribution in [1.82, 2.24) is 4.72 Å². The number of nitrogens with zero attached hydrogens (tertiary/aromatic N) is 1. The number of fused-ring (bicyclic) bond motifs is 1. The maximum atomic E-state index is 12.9. The average molecular weight is 435 g/mol. The van der Waals surface area contributed by atoms with E-state index < -0.39 is 28.1 Å². The van der Waals surface area contributed by atoms with Crippen molar-refractivity contribution in [3.05, 3.63) is 47.5 Å². The summed E-state index contributed by atoms with van der Waals surface area (Å²) in [7, 11) is -1.14. The van der Waals surface area contributed by atoms with Gasteiger partial charge in [-0.2, -0.15) is 0 Å². The SMILES string of the molecule is COc1ccc(S(=O)(=O)NC2Cc3cc(C(=O)O)ccc3N(C(N)=O)C2)cc1OC. The van der Waals surface area contributed by atoms with E-state index in [2.05, 4.69) is 4.72 Å². The quantitative estimate of drug-likeness (QED) is 0.617. The number of amides is 2. The Kier molecular flexibility index (Phi) is 5.85. The number of nitrogens with one attached hydrogen (secondary N) is 1. The molecular formula is C19H21N3O7S. The number of hydrogen-bond donors (Lipinski definition) is 3. The monoisotopic (exact) mass is 435 g/mol. The van der Waals surface area contributed by atoms with Crippen molar-refractivity contribution >= 4 is 27.7 Å². The van der Waals surface area contributed by atoms with E-state index in [1.807, 2.05) is 0 Å². The number of anilines is 1. The highest BCUT2D eigenvalue weighted by Crippen LogP contribution is 2.31. The van der Waals surface area contributed by atoms with Gasteiger partial charge in [0.25, 0.3) is 0 Å². The summed E-state index contributed by atoms with van der Waals surface area (Å²) in [4.78, 5) is 24.3. The molecule has 1 heterocycles. The fraction of sp³-hybridized carbons (Fsp3) is 0.263. The van der Waals surface area contributed by atoms with Gasteiger partial charge in [0.2, 0.25) is 10.0 Å². The molecule has 11 heteroatoms. The third-order valence-electron chi connectivity index (χ3n) is 4.74. The summed E-state index contributed by atoms with van der Waals surface area (Å²) in [5.74, 6) is -0.500. The second-order valence-electron chi connectivity index (χ2n) is 6.64. The lowest BCUT2D eigenvalue weighted by Gasteiger charge is -2.34. The highest BCUT2D eigenvalue weighted by Gasteiger charge is 2.31. The molecule has 2 aromatic rings. The van der Waals surface area contributed by atoms with Gasteiger partial charge in [-0.15, -0.1) is 0 Å². The number of carbonyl (C=O) groups is 2. The molecule has 1 aliphatic heterocycles. The zero-order valence-electron chi connectivity index (χ0n) is 16.3. The third-order valence-corrected chi connectivity index (χ3v) is 6.26. The fourth-order valence-corrected chi connectivity index (χ4v) is 4.60. The number of benzene rings is 2. The fourth-order valence-electron chi connectivity index (χ4n) is 3.35. The number of methoxy groups -OCH3 is 2. The van der Waals surface area contributed by atoms with Gasteiger partial charge in [0.05, 0.1) is 24.7 Å². The van der Waals surface area contributed by atoms with Crippen LogP contribution in [0.1, 0.15) is 15.9 Å². The lowest BCUT2D eigenvalue weighted by molar-refractivity contribution is 0.0696. The number of sulfonamides is 1. The van der Waals surface area contributed by atoms with Crippen LogP contribution in [-0.4, -0.2) is 52.3 Å². The van der Waals surface area contributed by atoms with Crippen LogP contribution in [0, 0.1) is 0 Å². The number of rotatable bonds is 6. The number of ether oxygens (including phenoxy) is 2. The van der Waals surface area contributed by atoms with Crippen LogP contribution < -0.4 is 24.8 Å². The minimum absolute atomic E-state index is 0.00126. The second-order valence-corrected chi connectivity index (χ2v) is 8.35. The molecule has 1 aliphatic rings. The van der Waals surface area contributed by atoms with E-state index in [0.29, 0.717) is 17.0 Å². The minimum Gasteiger partial charge on any atom is -0.493 e. The molecule has 1 atom stereocenters. The van der Waals surface area contributed by atoms with Gasteiger partial charge in [-0.25, -0.2) is 22.7 Å². The summed E-state index contributed by atoms with van der Waals surface area (Å²) in [6, 6.07) is 6.94. The van der Waals surface area contributed by atoms with Gasteiger partial charge < -0.3 is 20.3 Å². The van der Waals surface area contributed by atoms with E-state index in [1.165, 1.54) is 55.5 Å². The Balaban J connectivity index is 1.92. The number of carboxylic acids is 1. The van der Waals surface area contributed by atoms with Gasteiger partial charge in [0.1, 0.15) is 0 Å². The molecule has 0 fully saturated rings. The van der Waals surface area contributed by atoms with Gasteiger partial charge in [0.15, 0.2) is 11.5 Å². The molecule has 160 valence electrons. The van der Waals surface area contributed by atoms with E-state index in [-0.39, 0.29) is 29.2 Å². The Bertz CT molecular complexity index is 1100. The average Bonchev–Trinajstić information content (AvgIpc) is 2.71. The maximum absolute atomic E-state index is 12.9. The predicted molar refractivity (Wildman–Crippen MR) is 108 cm³/mol. The Hall–Kier alpha value is -3.31. The van der Waals surface area contributed by atoms with Crippen LogP contribution in [0.3, 0.4) is 0 Å². The molecule has 2 amide bonds. The van der Waals surface area contributed by atoms with Crippen molar-refractivity contribution in [2.75, 3.05) is 25.7 Å². The predicted octanol–water partition coefficient (Wildman–Crippen LogP) is 1.19. The lowest BCUT2D eigenvalue weighted by Crippen LogP contribution is -2.51. The van der Waals surface area contributed by atoms with Crippen molar-refractivity contribution in [1.29, 1.82) is 0 Å².